The predicted molar refractivity (Wildman–Crippen MR) is 70.0 cm³/mol. The molecule has 1 aromatic heterocycles. The number of halogens is 1. The van der Waals surface area contributed by atoms with Crippen molar-refractivity contribution in [1.82, 2.24) is 9.29 Å². The summed E-state index contributed by atoms with van der Waals surface area (Å²) in [5.41, 5.74) is 0. The van der Waals surface area contributed by atoms with Gasteiger partial charge in [0.05, 0.1) is 6.61 Å². The number of rotatable bonds is 5. The lowest BCUT2D eigenvalue weighted by Crippen LogP contribution is -2.38. The minimum atomic E-state index is -3.86. The molecule has 20 heavy (non-hydrogen) atoms. The van der Waals surface area contributed by atoms with E-state index in [-0.39, 0.29) is 12.0 Å². The van der Waals surface area contributed by atoms with E-state index in [0.29, 0.717) is 19.8 Å². The van der Waals surface area contributed by atoms with E-state index in [0.717, 1.165) is 25.3 Å². The lowest BCUT2D eigenvalue weighted by Gasteiger charge is -2.24. The Morgan fingerprint density at radius 2 is 2.20 bits per heavy atom. The van der Waals surface area contributed by atoms with Crippen molar-refractivity contribution in [2.45, 2.75) is 30.3 Å². The number of aromatic nitrogens is 1. The normalized spacial score (nSPS) is 23.4. The fourth-order valence-electron chi connectivity index (χ4n) is 2.46. The molecule has 1 saturated carbocycles. The van der Waals surface area contributed by atoms with E-state index >= 15 is 0 Å². The molecular formula is C13H17FN2O3S. The Morgan fingerprint density at radius 1 is 1.40 bits per heavy atom. The van der Waals surface area contributed by atoms with Crippen LogP contribution in [0.3, 0.4) is 0 Å². The van der Waals surface area contributed by atoms with Crippen LogP contribution in [0, 0.1) is 11.7 Å². The first-order valence-electron chi connectivity index (χ1n) is 6.79. The summed E-state index contributed by atoms with van der Waals surface area (Å²) < 4.78 is 45.7. The smallest absolute Gasteiger partial charge is 0.263 e. The molecule has 0 amide bonds. The third-order valence-electron chi connectivity index (χ3n) is 3.69. The van der Waals surface area contributed by atoms with Crippen molar-refractivity contribution in [3.63, 3.8) is 0 Å². The van der Waals surface area contributed by atoms with Crippen LogP contribution in [0.5, 0.6) is 0 Å². The van der Waals surface area contributed by atoms with Gasteiger partial charge in [0.1, 0.15) is 0 Å². The van der Waals surface area contributed by atoms with Gasteiger partial charge < -0.3 is 4.74 Å². The van der Waals surface area contributed by atoms with E-state index < -0.39 is 20.9 Å². The third kappa shape index (κ3) is 2.70. The van der Waals surface area contributed by atoms with Crippen molar-refractivity contribution in [3.05, 3.63) is 24.1 Å². The van der Waals surface area contributed by atoms with E-state index in [4.69, 9.17) is 4.74 Å². The molecule has 2 aliphatic rings. The van der Waals surface area contributed by atoms with E-state index in [1.165, 1.54) is 16.6 Å². The van der Waals surface area contributed by atoms with Crippen LogP contribution >= 0.6 is 0 Å². The third-order valence-corrected chi connectivity index (χ3v) is 5.55. The largest absolute Gasteiger partial charge is 0.381 e. The molecule has 2 fully saturated rings. The molecule has 1 saturated heterocycles. The Morgan fingerprint density at radius 3 is 2.80 bits per heavy atom. The van der Waals surface area contributed by atoms with Gasteiger partial charge in [0.25, 0.3) is 10.0 Å². The number of pyridine rings is 1. The maximum Gasteiger partial charge on any atom is 0.263 e. The zero-order valence-electron chi connectivity index (χ0n) is 11.0. The molecule has 1 aromatic rings. The van der Waals surface area contributed by atoms with Gasteiger partial charge in [-0.2, -0.15) is 4.31 Å². The van der Waals surface area contributed by atoms with Gasteiger partial charge in [-0.25, -0.2) is 17.8 Å². The van der Waals surface area contributed by atoms with Gasteiger partial charge in [-0.3, -0.25) is 0 Å². The highest BCUT2D eigenvalue weighted by Gasteiger charge is 2.41. The Kier molecular flexibility index (Phi) is 3.74. The first-order valence-corrected chi connectivity index (χ1v) is 8.23. The molecule has 1 aliphatic carbocycles. The second-order valence-electron chi connectivity index (χ2n) is 5.33. The van der Waals surface area contributed by atoms with Crippen molar-refractivity contribution in [1.29, 1.82) is 0 Å². The highest BCUT2D eigenvalue weighted by Crippen LogP contribution is 2.33. The van der Waals surface area contributed by atoms with Gasteiger partial charge >= 0.3 is 0 Å². The van der Waals surface area contributed by atoms with E-state index in [1.54, 1.807) is 0 Å². The molecule has 7 heteroatoms. The molecule has 0 spiro atoms. The quantitative estimate of drug-likeness (QED) is 0.825. The molecule has 0 aromatic carbocycles. The second kappa shape index (κ2) is 5.38. The van der Waals surface area contributed by atoms with Crippen LogP contribution in [0.25, 0.3) is 0 Å². The van der Waals surface area contributed by atoms with Crippen LogP contribution in [-0.2, 0) is 14.8 Å². The topological polar surface area (TPSA) is 59.5 Å². The number of nitrogens with zero attached hydrogens (tertiary/aromatic N) is 2. The monoisotopic (exact) mass is 300 g/mol. The van der Waals surface area contributed by atoms with E-state index in [1.807, 2.05) is 0 Å². The second-order valence-corrected chi connectivity index (χ2v) is 7.13. The molecule has 1 aliphatic heterocycles. The summed E-state index contributed by atoms with van der Waals surface area (Å²) in [6.07, 6.45) is 3.83. The van der Waals surface area contributed by atoms with Gasteiger partial charge in [-0.15, -0.1) is 0 Å². The Bertz CT molecular complexity index is 583. The van der Waals surface area contributed by atoms with Gasteiger partial charge in [0.15, 0.2) is 5.82 Å². The van der Waals surface area contributed by atoms with Crippen LogP contribution in [0.1, 0.15) is 19.3 Å². The van der Waals surface area contributed by atoms with Crippen molar-refractivity contribution in [2.75, 3.05) is 19.8 Å². The van der Waals surface area contributed by atoms with Gasteiger partial charge in [-0.1, -0.05) is 0 Å². The average molecular weight is 300 g/mol. The summed E-state index contributed by atoms with van der Waals surface area (Å²) in [7, 11) is -3.86. The van der Waals surface area contributed by atoms with Gasteiger partial charge in [0, 0.05) is 25.4 Å². The minimum Gasteiger partial charge on any atom is -0.381 e. The molecule has 5 nitrogen and oxygen atoms in total. The molecule has 3 rings (SSSR count). The average Bonchev–Trinajstić information content (AvgIpc) is 3.12. The zero-order valence-corrected chi connectivity index (χ0v) is 11.9. The molecular weight excluding hydrogens is 283 g/mol. The summed E-state index contributed by atoms with van der Waals surface area (Å²) in [6.45, 7) is 1.63. The molecule has 110 valence electrons. The van der Waals surface area contributed by atoms with Gasteiger partial charge in [-0.05, 0) is 37.3 Å². The Labute approximate surface area is 117 Å². The predicted octanol–water partition coefficient (Wildman–Crippen LogP) is 1.41. The van der Waals surface area contributed by atoms with Crippen LogP contribution in [-0.4, -0.2) is 43.5 Å². The lowest BCUT2D eigenvalue weighted by atomic mass is 10.1. The summed E-state index contributed by atoms with van der Waals surface area (Å²) in [4.78, 5) is 3.72. The zero-order chi connectivity index (χ0) is 14.2. The van der Waals surface area contributed by atoms with Crippen LogP contribution in [0.4, 0.5) is 4.39 Å². The van der Waals surface area contributed by atoms with Crippen molar-refractivity contribution in [2.24, 2.45) is 5.92 Å². The standard InChI is InChI=1S/C13H17FN2O3S/c14-12-2-1-6-15-13(12)20(17,18)16(11-3-4-11)8-10-5-7-19-9-10/h1-2,6,10-11H,3-5,7-9H2. The van der Waals surface area contributed by atoms with Gasteiger partial charge in [0.2, 0.25) is 5.03 Å². The molecule has 1 unspecified atom stereocenters. The fourth-order valence-corrected chi connectivity index (χ4v) is 4.20. The maximum atomic E-state index is 13.7. The van der Waals surface area contributed by atoms with Crippen molar-refractivity contribution < 1.29 is 17.5 Å². The number of sulfonamides is 1. The van der Waals surface area contributed by atoms with Crippen molar-refractivity contribution in [3.8, 4) is 0 Å². The maximum absolute atomic E-state index is 13.7. The highest BCUT2D eigenvalue weighted by molar-refractivity contribution is 7.89. The summed E-state index contributed by atoms with van der Waals surface area (Å²) >= 11 is 0. The lowest BCUT2D eigenvalue weighted by molar-refractivity contribution is 0.180. The number of ether oxygens (including phenoxy) is 1. The SMILES string of the molecule is O=S(=O)(c1ncccc1F)N(CC1CCOC1)C1CC1. The molecule has 0 N–H and O–H groups in total. The minimum absolute atomic E-state index is 0.0120. The van der Waals surface area contributed by atoms with E-state index in [9.17, 15) is 12.8 Å². The molecule has 0 bridgehead atoms. The van der Waals surface area contributed by atoms with Crippen LogP contribution in [0.15, 0.2) is 23.4 Å². The van der Waals surface area contributed by atoms with Crippen LogP contribution in [0.2, 0.25) is 0 Å². The highest BCUT2D eigenvalue weighted by atomic mass is 32.2. The molecule has 0 radical (unpaired) electrons. The summed E-state index contributed by atoms with van der Waals surface area (Å²) in [5, 5.41) is -0.467. The van der Waals surface area contributed by atoms with Crippen LogP contribution < -0.4 is 0 Å². The molecule has 1 atom stereocenters. The number of hydrogen-bond donors (Lipinski definition) is 0. The van der Waals surface area contributed by atoms with Crippen molar-refractivity contribution >= 4 is 10.0 Å². The Balaban J connectivity index is 1.87. The Hall–Kier alpha value is -1.05. The fraction of sp³-hybridized carbons (Fsp3) is 0.615. The van der Waals surface area contributed by atoms with E-state index in [2.05, 4.69) is 4.98 Å². The number of hydrogen-bond acceptors (Lipinski definition) is 4. The summed E-state index contributed by atoms with van der Waals surface area (Å²) in [5.74, 6) is -0.599. The molecule has 2 heterocycles. The summed E-state index contributed by atoms with van der Waals surface area (Å²) in [6, 6.07) is 2.51. The first kappa shape index (κ1) is 13.9. The first-order chi connectivity index (χ1) is 9.59.